The Bertz CT molecular complexity index is 424. The van der Waals surface area contributed by atoms with Gasteiger partial charge >= 0.3 is 0 Å². The minimum Gasteiger partial charge on any atom is -0.398 e. The number of carbonyl (C=O) groups excluding carboxylic acids is 1. The van der Waals surface area contributed by atoms with Gasteiger partial charge in [0.05, 0.1) is 0 Å². The van der Waals surface area contributed by atoms with Crippen LogP contribution in [0.1, 0.15) is 31.9 Å². The van der Waals surface area contributed by atoms with Gasteiger partial charge in [0.1, 0.15) is 0 Å². The lowest BCUT2D eigenvalue weighted by atomic mass is 9.97. The van der Waals surface area contributed by atoms with Crippen LogP contribution in [0.5, 0.6) is 0 Å². The lowest BCUT2D eigenvalue weighted by Gasteiger charge is -2.17. The molecule has 3 N–H and O–H groups in total. The van der Waals surface area contributed by atoms with Crippen molar-refractivity contribution in [1.82, 2.24) is 0 Å². The summed E-state index contributed by atoms with van der Waals surface area (Å²) in [5.74, 6) is 0.376. The van der Waals surface area contributed by atoms with Crippen LogP contribution in [0.15, 0.2) is 12.1 Å². The van der Waals surface area contributed by atoms with Gasteiger partial charge in [-0.15, -0.1) is 0 Å². The SMILES string of the molecule is Cc1cc(C)c(NC(=O)C(C)C(C)C)cc1N. The molecule has 17 heavy (non-hydrogen) atoms. The molecule has 1 unspecified atom stereocenters. The monoisotopic (exact) mass is 234 g/mol. The van der Waals surface area contributed by atoms with Gasteiger partial charge in [-0.05, 0) is 37.0 Å². The summed E-state index contributed by atoms with van der Waals surface area (Å²) in [5.41, 5.74) is 9.45. The summed E-state index contributed by atoms with van der Waals surface area (Å²) in [5, 5.41) is 2.94. The fourth-order valence-corrected chi connectivity index (χ4v) is 1.55. The van der Waals surface area contributed by atoms with Gasteiger partial charge in [-0.25, -0.2) is 0 Å². The van der Waals surface area contributed by atoms with Crippen molar-refractivity contribution < 1.29 is 4.79 Å². The summed E-state index contributed by atoms with van der Waals surface area (Å²) < 4.78 is 0. The van der Waals surface area contributed by atoms with Crippen molar-refractivity contribution in [2.24, 2.45) is 11.8 Å². The van der Waals surface area contributed by atoms with E-state index in [1.165, 1.54) is 0 Å². The molecule has 3 nitrogen and oxygen atoms in total. The Morgan fingerprint density at radius 2 is 1.76 bits per heavy atom. The highest BCUT2D eigenvalue weighted by atomic mass is 16.1. The predicted octanol–water partition coefficient (Wildman–Crippen LogP) is 3.12. The van der Waals surface area contributed by atoms with Gasteiger partial charge < -0.3 is 11.1 Å². The van der Waals surface area contributed by atoms with E-state index in [1.54, 1.807) is 0 Å². The average Bonchev–Trinajstić information content (AvgIpc) is 2.24. The van der Waals surface area contributed by atoms with Crippen LogP contribution in [0, 0.1) is 25.7 Å². The van der Waals surface area contributed by atoms with Gasteiger partial charge in [-0.2, -0.15) is 0 Å². The first kappa shape index (κ1) is 13.6. The first-order valence-corrected chi connectivity index (χ1v) is 6.00. The molecule has 0 saturated heterocycles. The van der Waals surface area contributed by atoms with Gasteiger partial charge in [0.25, 0.3) is 0 Å². The number of hydrogen-bond donors (Lipinski definition) is 2. The second-order valence-electron chi connectivity index (χ2n) is 5.05. The van der Waals surface area contributed by atoms with Crippen LogP contribution >= 0.6 is 0 Å². The molecule has 0 bridgehead atoms. The van der Waals surface area contributed by atoms with Crippen molar-refractivity contribution in [2.75, 3.05) is 11.1 Å². The lowest BCUT2D eigenvalue weighted by Crippen LogP contribution is -2.24. The number of nitrogens with one attached hydrogen (secondary N) is 1. The molecule has 1 atom stereocenters. The number of aryl methyl sites for hydroxylation is 2. The number of nitrogens with two attached hydrogens (primary N) is 1. The molecule has 0 aliphatic rings. The number of benzene rings is 1. The predicted molar refractivity (Wildman–Crippen MR) is 73.0 cm³/mol. The lowest BCUT2D eigenvalue weighted by molar-refractivity contribution is -0.120. The summed E-state index contributed by atoms with van der Waals surface area (Å²) in [6.07, 6.45) is 0. The summed E-state index contributed by atoms with van der Waals surface area (Å²) in [7, 11) is 0. The van der Waals surface area contributed by atoms with Crippen LogP contribution in [-0.2, 0) is 4.79 Å². The van der Waals surface area contributed by atoms with E-state index in [0.717, 1.165) is 16.8 Å². The van der Waals surface area contributed by atoms with Crippen LogP contribution in [0.3, 0.4) is 0 Å². The fourth-order valence-electron chi connectivity index (χ4n) is 1.55. The molecule has 0 fully saturated rings. The molecule has 1 aromatic carbocycles. The van der Waals surface area contributed by atoms with Crippen molar-refractivity contribution in [3.8, 4) is 0 Å². The van der Waals surface area contributed by atoms with E-state index < -0.39 is 0 Å². The molecule has 94 valence electrons. The normalized spacial score (nSPS) is 12.6. The van der Waals surface area contributed by atoms with Crippen molar-refractivity contribution in [3.63, 3.8) is 0 Å². The van der Waals surface area contributed by atoms with Crippen molar-refractivity contribution in [3.05, 3.63) is 23.3 Å². The largest absolute Gasteiger partial charge is 0.398 e. The summed E-state index contributed by atoms with van der Waals surface area (Å²) >= 11 is 0. The van der Waals surface area contributed by atoms with E-state index in [-0.39, 0.29) is 11.8 Å². The van der Waals surface area contributed by atoms with Crippen LogP contribution < -0.4 is 11.1 Å². The second-order valence-corrected chi connectivity index (χ2v) is 5.05. The Morgan fingerprint density at radius 3 is 2.29 bits per heavy atom. The molecule has 0 aliphatic carbocycles. The molecule has 0 aromatic heterocycles. The summed E-state index contributed by atoms with van der Waals surface area (Å²) in [6, 6.07) is 3.82. The van der Waals surface area contributed by atoms with Crippen molar-refractivity contribution >= 4 is 17.3 Å². The summed E-state index contributed by atoms with van der Waals surface area (Å²) in [6.45, 7) is 9.96. The smallest absolute Gasteiger partial charge is 0.227 e. The van der Waals surface area contributed by atoms with Crippen LogP contribution in [0.25, 0.3) is 0 Å². The van der Waals surface area contributed by atoms with E-state index >= 15 is 0 Å². The zero-order chi connectivity index (χ0) is 13.2. The average molecular weight is 234 g/mol. The Kier molecular flexibility index (Phi) is 4.16. The third-order valence-corrected chi connectivity index (χ3v) is 3.28. The maximum atomic E-state index is 12.0. The zero-order valence-electron chi connectivity index (χ0n) is 11.3. The highest BCUT2D eigenvalue weighted by Crippen LogP contribution is 2.23. The van der Waals surface area contributed by atoms with E-state index in [4.69, 9.17) is 5.73 Å². The van der Waals surface area contributed by atoms with Crippen LogP contribution in [0.2, 0.25) is 0 Å². The molecule has 1 rings (SSSR count). The van der Waals surface area contributed by atoms with Gasteiger partial charge in [0.2, 0.25) is 5.91 Å². The Hall–Kier alpha value is -1.51. The molecule has 0 saturated carbocycles. The Balaban J connectivity index is 2.89. The Labute approximate surface area is 103 Å². The van der Waals surface area contributed by atoms with Crippen molar-refractivity contribution in [2.45, 2.75) is 34.6 Å². The second kappa shape index (κ2) is 5.21. The van der Waals surface area contributed by atoms with E-state index in [1.807, 2.05) is 46.8 Å². The molecule has 1 amide bonds. The number of amides is 1. The number of rotatable bonds is 3. The third kappa shape index (κ3) is 3.22. The standard InChI is InChI=1S/C14H22N2O/c1-8(2)11(5)14(17)16-13-7-12(15)9(3)6-10(13)4/h6-8,11H,15H2,1-5H3,(H,16,17). The van der Waals surface area contributed by atoms with Crippen LogP contribution in [0.4, 0.5) is 11.4 Å². The van der Waals surface area contributed by atoms with Crippen molar-refractivity contribution in [1.29, 1.82) is 0 Å². The zero-order valence-corrected chi connectivity index (χ0v) is 11.3. The quantitative estimate of drug-likeness (QED) is 0.789. The first-order valence-electron chi connectivity index (χ1n) is 6.00. The van der Waals surface area contributed by atoms with Gasteiger partial charge in [0.15, 0.2) is 0 Å². The molecule has 0 aliphatic heterocycles. The number of carbonyl (C=O) groups is 1. The number of hydrogen-bond acceptors (Lipinski definition) is 2. The van der Waals surface area contributed by atoms with Gasteiger partial charge in [-0.3, -0.25) is 4.79 Å². The highest BCUT2D eigenvalue weighted by Gasteiger charge is 2.17. The number of anilines is 2. The van der Waals surface area contributed by atoms with Crippen LogP contribution in [-0.4, -0.2) is 5.91 Å². The minimum atomic E-state index is -0.00284. The third-order valence-electron chi connectivity index (χ3n) is 3.28. The molecule has 0 radical (unpaired) electrons. The number of nitrogen functional groups attached to an aromatic ring is 1. The minimum absolute atomic E-state index is 0.00284. The van der Waals surface area contributed by atoms with Gasteiger partial charge in [-0.1, -0.05) is 26.8 Å². The first-order chi connectivity index (χ1) is 7.82. The maximum absolute atomic E-state index is 12.0. The van der Waals surface area contributed by atoms with E-state index in [9.17, 15) is 4.79 Å². The maximum Gasteiger partial charge on any atom is 0.227 e. The van der Waals surface area contributed by atoms with Gasteiger partial charge in [0, 0.05) is 17.3 Å². The van der Waals surface area contributed by atoms with E-state index in [0.29, 0.717) is 11.6 Å². The molecule has 3 heteroatoms. The molecular formula is C14H22N2O. The Morgan fingerprint density at radius 1 is 1.18 bits per heavy atom. The van der Waals surface area contributed by atoms with E-state index in [2.05, 4.69) is 5.32 Å². The molecular weight excluding hydrogens is 212 g/mol. The highest BCUT2D eigenvalue weighted by molar-refractivity contribution is 5.93. The fraction of sp³-hybridized carbons (Fsp3) is 0.500. The topological polar surface area (TPSA) is 55.1 Å². The molecule has 1 aromatic rings. The molecule has 0 spiro atoms. The molecule has 0 heterocycles. The summed E-state index contributed by atoms with van der Waals surface area (Å²) in [4.78, 5) is 12.0.